The molecule has 0 atom stereocenters. The van der Waals surface area contributed by atoms with Gasteiger partial charge < -0.3 is 0 Å². The highest BCUT2D eigenvalue weighted by Gasteiger charge is 1.70. The predicted molar refractivity (Wildman–Crippen MR) is 27.7 cm³/mol. The van der Waals surface area contributed by atoms with E-state index in [0.717, 1.165) is 0 Å². The van der Waals surface area contributed by atoms with E-state index in [4.69, 9.17) is 11.6 Å². The summed E-state index contributed by atoms with van der Waals surface area (Å²) in [6.07, 6.45) is 2.54. The Kier molecular flexibility index (Phi) is 3.29. The lowest BCUT2D eigenvalue weighted by molar-refractivity contribution is 0.565. The molecule has 0 unspecified atom stereocenters. The lowest BCUT2D eigenvalue weighted by Crippen LogP contribution is -1.52. The van der Waals surface area contributed by atoms with E-state index in [1.807, 2.05) is 0 Å². The molecule has 0 bridgehead atoms. The SMILES string of the molecule is CC(Cl)=CN=C=O. The number of allylic oxidation sites excluding steroid dienone is 1. The second-order valence-corrected chi connectivity index (χ2v) is 1.53. The summed E-state index contributed by atoms with van der Waals surface area (Å²) in [7, 11) is 0. The van der Waals surface area contributed by atoms with E-state index in [1.165, 1.54) is 12.3 Å². The van der Waals surface area contributed by atoms with Gasteiger partial charge in [-0.1, -0.05) is 11.6 Å². The molecule has 0 radical (unpaired) electrons. The van der Waals surface area contributed by atoms with Crippen molar-refractivity contribution in [1.29, 1.82) is 0 Å². The van der Waals surface area contributed by atoms with Gasteiger partial charge in [0.15, 0.2) is 0 Å². The molecule has 7 heavy (non-hydrogen) atoms. The summed E-state index contributed by atoms with van der Waals surface area (Å²) in [6.45, 7) is 1.63. The van der Waals surface area contributed by atoms with Gasteiger partial charge in [0, 0.05) is 5.03 Å². The maximum absolute atomic E-state index is 9.31. The molecule has 38 valence electrons. The van der Waals surface area contributed by atoms with E-state index in [2.05, 4.69) is 4.99 Å². The second-order valence-electron chi connectivity index (χ2n) is 0.936. The minimum atomic E-state index is 0.475. The van der Waals surface area contributed by atoms with Gasteiger partial charge in [0.25, 0.3) is 0 Å². The van der Waals surface area contributed by atoms with Crippen molar-refractivity contribution in [3.8, 4) is 0 Å². The molecule has 0 aromatic heterocycles. The third-order valence-corrected chi connectivity index (χ3v) is 0.393. The highest BCUT2D eigenvalue weighted by atomic mass is 35.5. The molecule has 0 aliphatic heterocycles. The Balaban J connectivity index is 3.69. The first kappa shape index (κ1) is 6.41. The van der Waals surface area contributed by atoms with E-state index >= 15 is 0 Å². The highest BCUT2D eigenvalue weighted by molar-refractivity contribution is 6.29. The van der Waals surface area contributed by atoms with Crippen molar-refractivity contribution in [3.05, 3.63) is 11.2 Å². The van der Waals surface area contributed by atoms with Gasteiger partial charge in [-0.15, -0.1) is 0 Å². The number of nitrogens with zero attached hydrogens (tertiary/aromatic N) is 1. The van der Waals surface area contributed by atoms with Gasteiger partial charge in [-0.3, -0.25) is 0 Å². The Morgan fingerprint density at radius 1 is 2.00 bits per heavy atom. The van der Waals surface area contributed by atoms with Gasteiger partial charge in [-0.05, 0) is 6.92 Å². The summed E-state index contributed by atoms with van der Waals surface area (Å²) < 4.78 is 0. The average Bonchev–Trinajstić information content (AvgIpc) is 1.61. The molecule has 0 saturated heterocycles. The Bertz CT molecular complexity index is 120. The quantitative estimate of drug-likeness (QED) is 0.377. The second kappa shape index (κ2) is 3.59. The first-order valence-corrected chi connectivity index (χ1v) is 2.04. The molecule has 0 aliphatic rings. The van der Waals surface area contributed by atoms with Gasteiger partial charge in [-0.2, -0.15) is 4.99 Å². The minimum Gasteiger partial charge on any atom is -0.211 e. The zero-order valence-electron chi connectivity index (χ0n) is 3.81. The van der Waals surface area contributed by atoms with Crippen LogP contribution in [0.5, 0.6) is 0 Å². The van der Waals surface area contributed by atoms with Crippen LogP contribution in [0.1, 0.15) is 6.92 Å². The molecule has 0 amide bonds. The monoisotopic (exact) mass is 117 g/mol. The van der Waals surface area contributed by atoms with Crippen LogP contribution < -0.4 is 0 Å². The van der Waals surface area contributed by atoms with Crippen LogP contribution in [0, 0.1) is 0 Å². The molecule has 0 rings (SSSR count). The summed E-state index contributed by atoms with van der Waals surface area (Å²) in [5, 5.41) is 0.475. The Hall–Kier alpha value is -0.590. The summed E-state index contributed by atoms with van der Waals surface area (Å²) in [4.78, 5) is 12.4. The molecule has 3 heteroatoms. The molecule has 0 spiro atoms. The standard InChI is InChI=1S/C4H4ClNO/c1-4(5)2-6-3-7/h2H,1H3. The molecule has 0 N–H and O–H groups in total. The molecular formula is C4H4ClNO. The molecule has 0 heterocycles. The van der Waals surface area contributed by atoms with Crippen molar-refractivity contribution in [2.24, 2.45) is 4.99 Å². The number of carbonyl (C=O) groups excluding carboxylic acids is 1. The lowest BCUT2D eigenvalue weighted by Gasteiger charge is -1.71. The molecule has 0 aromatic rings. The lowest BCUT2D eigenvalue weighted by atomic mass is 10.7. The van der Waals surface area contributed by atoms with Crippen LogP contribution in [0.15, 0.2) is 16.2 Å². The van der Waals surface area contributed by atoms with Gasteiger partial charge >= 0.3 is 0 Å². The van der Waals surface area contributed by atoms with Crippen molar-refractivity contribution in [2.75, 3.05) is 0 Å². The Morgan fingerprint density at radius 2 is 2.57 bits per heavy atom. The zero-order chi connectivity index (χ0) is 5.70. The fourth-order valence-electron chi connectivity index (χ4n) is 0.115. The summed E-state index contributed by atoms with van der Waals surface area (Å²) in [6, 6.07) is 0. The summed E-state index contributed by atoms with van der Waals surface area (Å²) in [5.41, 5.74) is 0. The van der Waals surface area contributed by atoms with E-state index in [9.17, 15) is 4.79 Å². The molecule has 0 aromatic carbocycles. The Morgan fingerprint density at radius 3 is 2.71 bits per heavy atom. The molecule has 2 nitrogen and oxygen atoms in total. The number of hydrogen-bond acceptors (Lipinski definition) is 2. The summed E-state index contributed by atoms with van der Waals surface area (Å²) in [5.74, 6) is 0. The maximum atomic E-state index is 9.31. The number of isocyanates is 1. The van der Waals surface area contributed by atoms with E-state index in [0.29, 0.717) is 5.03 Å². The molecular weight excluding hydrogens is 114 g/mol. The minimum absolute atomic E-state index is 0.475. The van der Waals surface area contributed by atoms with Crippen LogP contribution in [0.4, 0.5) is 0 Å². The van der Waals surface area contributed by atoms with Crippen LogP contribution in [-0.4, -0.2) is 6.08 Å². The molecule has 0 aliphatic carbocycles. The average molecular weight is 118 g/mol. The fourth-order valence-corrected chi connectivity index (χ4v) is 0.164. The van der Waals surface area contributed by atoms with Crippen LogP contribution in [0.2, 0.25) is 0 Å². The third kappa shape index (κ3) is 5.41. The fraction of sp³-hybridized carbons (Fsp3) is 0.250. The van der Waals surface area contributed by atoms with Crippen LogP contribution in [0.25, 0.3) is 0 Å². The topological polar surface area (TPSA) is 29.4 Å². The van der Waals surface area contributed by atoms with Crippen molar-refractivity contribution in [2.45, 2.75) is 6.92 Å². The van der Waals surface area contributed by atoms with Crippen molar-refractivity contribution < 1.29 is 4.79 Å². The molecule has 0 fully saturated rings. The number of halogens is 1. The van der Waals surface area contributed by atoms with E-state index < -0.39 is 0 Å². The third-order valence-electron chi connectivity index (χ3n) is 0.295. The van der Waals surface area contributed by atoms with Crippen molar-refractivity contribution in [3.63, 3.8) is 0 Å². The number of hydrogen-bond donors (Lipinski definition) is 0. The maximum Gasteiger partial charge on any atom is 0.239 e. The number of aliphatic imine (C=N–C) groups is 1. The number of rotatable bonds is 1. The van der Waals surface area contributed by atoms with Crippen LogP contribution in [-0.2, 0) is 4.79 Å². The van der Waals surface area contributed by atoms with Crippen molar-refractivity contribution >= 4 is 17.7 Å². The normalized spacial score (nSPS) is 10.3. The van der Waals surface area contributed by atoms with Gasteiger partial charge in [0.1, 0.15) is 0 Å². The summed E-state index contributed by atoms with van der Waals surface area (Å²) >= 11 is 5.24. The highest BCUT2D eigenvalue weighted by Crippen LogP contribution is 1.95. The van der Waals surface area contributed by atoms with Crippen molar-refractivity contribution in [1.82, 2.24) is 0 Å². The zero-order valence-corrected chi connectivity index (χ0v) is 4.57. The van der Waals surface area contributed by atoms with E-state index in [-0.39, 0.29) is 0 Å². The largest absolute Gasteiger partial charge is 0.239 e. The first-order valence-electron chi connectivity index (χ1n) is 1.66. The van der Waals surface area contributed by atoms with Gasteiger partial charge in [-0.25, -0.2) is 4.79 Å². The first-order chi connectivity index (χ1) is 3.27. The van der Waals surface area contributed by atoms with Crippen LogP contribution in [0.3, 0.4) is 0 Å². The Labute approximate surface area is 46.5 Å². The van der Waals surface area contributed by atoms with Gasteiger partial charge in [0.05, 0.1) is 6.20 Å². The smallest absolute Gasteiger partial charge is 0.211 e. The van der Waals surface area contributed by atoms with Crippen LogP contribution >= 0.6 is 11.6 Å². The predicted octanol–water partition coefficient (Wildman–Crippen LogP) is 1.42. The molecule has 0 saturated carbocycles. The van der Waals surface area contributed by atoms with E-state index in [1.54, 1.807) is 6.92 Å². The van der Waals surface area contributed by atoms with Gasteiger partial charge in [0.2, 0.25) is 6.08 Å².